The van der Waals surface area contributed by atoms with Gasteiger partial charge in [-0.3, -0.25) is 4.79 Å². The Bertz CT molecular complexity index is 640. The molecular formula is C19H25NO2. The van der Waals surface area contributed by atoms with Crippen LogP contribution in [0.4, 0.5) is 0 Å². The number of piperidine rings is 1. The molecule has 2 aliphatic carbocycles. The van der Waals surface area contributed by atoms with Gasteiger partial charge in [0, 0.05) is 23.8 Å². The number of likely N-dealkylation sites (N-methyl/N-ethyl adjacent to an activating group) is 1. The second kappa shape index (κ2) is 4.58. The molecule has 5 atom stereocenters. The summed E-state index contributed by atoms with van der Waals surface area (Å²) in [6.07, 6.45) is 2.73. The number of Topliss-reactive ketones (excluding diaryl/α,β-unsaturated/α-hetero) is 1. The summed E-state index contributed by atoms with van der Waals surface area (Å²) in [6.45, 7) is 5.42. The topological polar surface area (TPSA) is 40.5 Å². The van der Waals surface area contributed by atoms with Crippen molar-refractivity contribution in [2.45, 2.75) is 44.6 Å². The van der Waals surface area contributed by atoms with Crippen molar-refractivity contribution in [3.63, 3.8) is 0 Å². The highest BCUT2D eigenvalue weighted by Crippen LogP contribution is 2.57. The van der Waals surface area contributed by atoms with E-state index in [2.05, 4.69) is 31.9 Å². The Kier molecular flexibility index (Phi) is 2.96. The van der Waals surface area contributed by atoms with E-state index in [0.717, 1.165) is 19.4 Å². The second-order valence-corrected chi connectivity index (χ2v) is 7.82. The van der Waals surface area contributed by atoms with Gasteiger partial charge in [-0.25, -0.2) is 0 Å². The van der Waals surface area contributed by atoms with Gasteiger partial charge >= 0.3 is 0 Å². The minimum Gasteiger partial charge on any atom is -0.508 e. The molecule has 4 rings (SSSR count). The van der Waals surface area contributed by atoms with E-state index in [4.69, 9.17) is 0 Å². The molecule has 2 fully saturated rings. The van der Waals surface area contributed by atoms with Crippen LogP contribution in [-0.4, -0.2) is 35.4 Å². The van der Waals surface area contributed by atoms with Crippen LogP contribution in [0.5, 0.6) is 5.75 Å². The van der Waals surface area contributed by atoms with Gasteiger partial charge in [-0.05, 0) is 61.5 Å². The minimum absolute atomic E-state index is 0.0491. The van der Waals surface area contributed by atoms with Gasteiger partial charge in [0.1, 0.15) is 11.5 Å². The maximum absolute atomic E-state index is 12.7. The zero-order chi connectivity index (χ0) is 15.6. The summed E-state index contributed by atoms with van der Waals surface area (Å²) in [4.78, 5) is 15.2. The lowest BCUT2D eigenvalue weighted by atomic mass is 9.48. The van der Waals surface area contributed by atoms with E-state index in [1.165, 1.54) is 11.1 Å². The fraction of sp³-hybridized carbons (Fsp3) is 0.632. The van der Waals surface area contributed by atoms with Crippen LogP contribution in [0.25, 0.3) is 0 Å². The predicted molar refractivity (Wildman–Crippen MR) is 86.0 cm³/mol. The molecule has 1 saturated heterocycles. The van der Waals surface area contributed by atoms with E-state index < -0.39 is 0 Å². The first-order chi connectivity index (χ1) is 10.4. The third-order valence-corrected chi connectivity index (χ3v) is 6.94. The molecule has 0 amide bonds. The number of carbonyl (C=O) groups excluding carboxylic acids is 1. The zero-order valence-electron chi connectivity index (χ0n) is 13.7. The molecular weight excluding hydrogens is 274 g/mol. The average Bonchev–Trinajstić information content (AvgIpc) is 2.49. The minimum atomic E-state index is -0.0491. The standard InChI is InChI=1S/C19H25NO2/c1-11-12(2)18-16-8-13-4-5-14(21)9-15(13)19(18,10-17(11)22)6-7-20(16)3/h4-5,9,11-12,16,18,21H,6-8,10H2,1-3H3/t11-,12-,16?,18-,19?/m0/s1. The smallest absolute Gasteiger partial charge is 0.136 e. The van der Waals surface area contributed by atoms with Crippen molar-refractivity contribution in [3.8, 4) is 5.75 Å². The summed E-state index contributed by atoms with van der Waals surface area (Å²) in [7, 11) is 2.23. The van der Waals surface area contributed by atoms with Gasteiger partial charge in [0.15, 0.2) is 0 Å². The number of benzene rings is 1. The molecule has 1 saturated carbocycles. The average molecular weight is 299 g/mol. The van der Waals surface area contributed by atoms with Crippen molar-refractivity contribution in [1.82, 2.24) is 4.90 Å². The lowest BCUT2D eigenvalue weighted by Crippen LogP contribution is -2.64. The van der Waals surface area contributed by atoms with E-state index in [0.29, 0.717) is 35.8 Å². The summed E-state index contributed by atoms with van der Waals surface area (Å²) >= 11 is 0. The number of phenols is 1. The first-order valence-electron chi connectivity index (χ1n) is 8.49. The van der Waals surface area contributed by atoms with Crippen molar-refractivity contribution >= 4 is 5.78 Å². The summed E-state index contributed by atoms with van der Waals surface area (Å²) in [5.74, 6) is 1.83. The summed E-state index contributed by atoms with van der Waals surface area (Å²) < 4.78 is 0. The Morgan fingerprint density at radius 3 is 2.86 bits per heavy atom. The first-order valence-corrected chi connectivity index (χ1v) is 8.49. The van der Waals surface area contributed by atoms with E-state index >= 15 is 0 Å². The molecule has 3 nitrogen and oxygen atoms in total. The number of ketones is 1. The van der Waals surface area contributed by atoms with Gasteiger partial charge in [-0.1, -0.05) is 19.9 Å². The summed E-state index contributed by atoms with van der Waals surface area (Å²) in [5.41, 5.74) is 2.54. The third-order valence-electron chi connectivity index (χ3n) is 6.94. The zero-order valence-corrected chi connectivity index (χ0v) is 13.7. The maximum atomic E-state index is 12.7. The number of rotatable bonds is 0. The van der Waals surface area contributed by atoms with Crippen LogP contribution >= 0.6 is 0 Å². The highest BCUT2D eigenvalue weighted by Gasteiger charge is 2.58. The fourth-order valence-corrected chi connectivity index (χ4v) is 5.61. The molecule has 1 aromatic rings. The largest absolute Gasteiger partial charge is 0.508 e. The number of likely N-dealkylation sites (tertiary alicyclic amines) is 1. The third kappa shape index (κ3) is 1.69. The molecule has 2 unspecified atom stereocenters. The Balaban J connectivity index is 1.94. The van der Waals surface area contributed by atoms with Crippen molar-refractivity contribution in [2.24, 2.45) is 17.8 Å². The maximum Gasteiger partial charge on any atom is 0.136 e. The Morgan fingerprint density at radius 2 is 2.09 bits per heavy atom. The van der Waals surface area contributed by atoms with Crippen molar-refractivity contribution in [3.05, 3.63) is 29.3 Å². The Hall–Kier alpha value is -1.35. The van der Waals surface area contributed by atoms with Crippen LogP contribution in [0.15, 0.2) is 18.2 Å². The monoisotopic (exact) mass is 299 g/mol. The number of nitrogens with zero attached hydrogens (tertiary/aromatic N) is 1. The van der Waals surface area contributed by atoms with Crippen LogP contribution in [0.2, 0.25) is 0 Å². The van der Waals surface area contributed by atoms with Crippen LogP contribution in [0, 0.1) is 17.8 Å². The van der Waals surface area contributed by atoms with E-state index in [-0.39, 0.29) is 11.3 Å². The molecule has 1 heterocycles. The quantitative estimate of drug-likeness (QED) is 0.801. The number of carbonyl (C=O) groups is 1. The fourth-order valence-electron chi connectivity index (χ4n) is 5.61. The second-order valence-electron chi connectivity index (χ2n) is 7.82. The summed E-state index contributed by atoms with van der Waals surface area (Å²) in [6, 6.07) is 6.33. The molecule has 1 aliphatic heterocycles. The van der Waals surface area contributed by atoms with E-state index in [9.17, 15) is 9.90 Å². The number of hydrogen-bond acceptors (Lipinski definition) is 3. The van der Waals surface area contributed by atoms with Gasteiger partial charge in [0.25, 0.3) is 0 Å². The molecule has 1 aromatic carbocycles. The number of fused-ring (bicyclic) bond motifs is 1. The van der Waals surface area contributed by atoms with Crippen molar-refractivity contribution in [2.75, 3.05) is 13.6 Å². The highest BCUT2D eigenvalue weighted by atomic mass is 16.3. The highest BCUT2D eigenvalue weighted by molar-refractivity contribution is 5.84. The number of aromatic hydroxyl groups is 1. The molecule has 118 valence electrons. The molecule has 22 heavy (non-hydrogen) atoms. The lowest BCUT2D eigenvalue weighted by Gasteiger charge is -2.61. The predicted octanol–water partition coefficient (Wildman–Crippen LogP) is 2.75. The first kappa shape index (κ1) is 14.3. The molecule has 0 aromatic heterocycles. The molecule has 2 bridgehead atoms. The Labute approximate surface area is 132 Å². The van der Waals surface area contributed by atoms with Gasteiger partial charge in [-0.15, -0.1) is 0 Å². The lowest BCUT2D eigenvalue weighted by molar-refractivity contribution is -0.137. The van der Waals surface area contributed by atoms with Crippen LogP contribution in [0.1, 0.15) is 37.8 Å². The van der Waals surface area contributed by atoms with E-state index in [1.807, 2.05) is 6.07 Å². The van der Waals surface area contributed by atoms with Gasteiger partial charge < -0.3 is 10.0 Å². The van der Waals surface area contributed by atoms with Crippen LogP contribution < -0.4 is 0 Å². The van der Waals surface area contributed by atoms with Crippen molar-refractivity contribution in [1.29, 1.82) is 0 Å². The molecule has 0 spiro atoms. The molecule has 3 heteroatoms. The molecule has 1 N–H and O–H groups in total. The molecule has 3 aliphatic rings. The number of hydrogen-bond donors (Lipinski definition) is 1. The van der Waals surface area contributed by atoms with Crippen LogP contribution in [0.3, 0.4) is 0 Å². The normalized spacial score (nSPS) is 41.0. The van der Waals surface area contributed by atoms with E-state index in [1.54, 1.807) is 6.07 Å². The molecule has 0 radical (unpaired) electrons. The number of phenolic OH excluding ortho intramolecular Hbond substituents is 1. The van der Waals surface area contributed by atoms with Crippen molar-refractivity contribution < 1.29 is 9.90 Å². The summed E-state index contributed by atoms with van der Waals surface area (Å²) in [5, 5.41) is 10.0. The van der Waals surface area contributed by atoms with Gasteiger partial charge in [0.05, 0.1) is 0 Å². The SMILES string of the molecule is C[C@H]1[C@H](C)C(=O)CC23CCN(C)C(Cc4ccc(O)cc42)[C@H]13. The van der Waals surface area contributed by atoms with Gasteiger partial charge in [0.2, 0.25) is 0 Å². The Morgan fingerprint density at radius 1 is 1.32 bits per heavy atom. The van der Waals surface area contributed by atoms with Gasteiger partial charge in [-0.2, -0.15) is 0 Å². The van der Waals surface area contributed by atoms with Crippen LogP contribution in [-0.2, 0) is 16.6 Å².